The summed E-state index contributed by atoms with van der Waals surface area (Å²) in [5.74, 6) is -0.0820. The van der Waals surface area contributed by atoms with Crippen molar-refractivity contribution >= 4 is 22.5 Å². The molecule has 1 aliphatic rings. The molecular formula is C19H16ClN5O. The molecule has 0 amide bonds. The number of rotatable bonds is 1. The van der Waals surface area contributed by atoms with E-state index in [9.17, 15) is 5.26 Å². The summed E-state index contributed by atoms with van der Waals surface area (Å²) in [6, 6.07) is 8.25. The molecule has 3 heterocycles. The van der Waals surface area contributed by atoms with Crippen LogP contribution >= 0.6 is 11.6 Å². The smallest absolute Gasteiger partial charge is 0.244 e. The molecule has 0 saturated carbocycles. The standard InChI is InChI=1S/C19H16ClN5O/c1-8-4-9(2)16-11(5-8)6-12(17(20)23-16)15-13(7-21)18(22)26-19-14(15)10(3)24-25-19/h4-6,15H,22H2,1-3H3,(H,24,25). The Morgan fingerprint density at radius 3 is 2.77 bits per heavy atom. The molecule has 0 aliphatic carbocycles. The van der Waals surface area contributed by atoms with Crippen molar-refractivity contribution in [3.63, 3.8) is 0 Å². The Hall–Kier alpha value is -3.04. The van der Waals surface area contributed by atoms with Crippen molar-refractivity contribution in [3.05, 3.63) is 62.8 Å². The third-order valence-corrected chi connectivity index (χ3v) is 4.98. The molecule has 3 N–H and O–H groups in total. The van der Waals surface area contributed by atoms with Gasteiger partial charge in [0.25, 0.3) is 0 Å². The number of benzene rings is 1. The summed E-state index contributed by atoms with van der Waals surface area (Å²) in [6.07, 6.45) is 0. The molecule has 6 nitrogen and oxygen atoms in total. The van der Waals surface area contributed by atoms with Crippen molar-refractivity contribution in [2.75, 3.05) is 0 Å². The average Bonchev–Trinajstić information content (AvgIpc) is 2.94. The third kappa shape index (κ3) is 2.32. The summed E-state index contributed by atoms with van der Waals surface area (Å²) < 4.78 is 5.50. The number of halogens is 1. The van der Waals surface area contributed by atoms with E-state index in [0.29, 0.717) is 22.2 Å². The molecule has 1 aliphatic heterocycles. The first-order valence-electron chi connectivity index (χ1n) is 8.10. The number of nitrogens with two attached hydrogens (primary N) is 1. The molecule has 2 aromatic heterocycles. The number of hydrogen-bond acceptors (Lipinski definition) is 5. The number of H-pyrrole nitrogens is 1. The molecule has 130 valence electrons. The Bertz CT molecular complexity index is 1140. The summed E-state index contributed by atoms with van der Waals surface area (Å²) >= 11 is 6.55. The minimum Gasteiger partial charge on any atom is -0.420 e. The van der Waals surface area contributed by atoms with Gasteiger partial charge < -0.3 is 10.5 Å². The number of ether oxygens (including phenoxy) is 1. The first-order valence-corrected chi connectivity index (χ1v) is 8.48. The van der Waals surface area contributed by atoms with Crippen LogP contribution in [0.25, 0.3) is 10.9 Å². The summed E-state index contributed by atoms with van der Waals surface area (Å²) in [7, 11) is 0. The van der Waals surface area contributed by atoms with E-state index >= 15 is 0 Å². The molecule has 7 heteroatoms. The van der Waals surface area contributed by atoms with Crippen LogP contribution in [0.4, 0.5) is 0 Å². The van der Waals surface area contributed by atoms with Crippen molar-refractivity contribution in [3.8, 4) is 11.9 Å². The van der Waals surface area contributed by atoms with Gasteiger partial charge in [0.15, 0.2) is 0 Å². The fraction of sp³-hybridized carbons (Fsp3) is 0.211. The number of nitriles is 1. The largest absolute Gasteiger partial charge is 0.420 e. The van der Waals surface area contributed by atoms with Crippen molar-refractivity contribution in [1.29, 1.82) is 5.26 Å². The van der Waals surface area contributed by atoms with Gasteiger partial charge in [-0.3, -0.25) is 5.10 Å². The summed E-state index contributed by atoms with van der Waals surface area (Å²) in [5.41, 5.74) is 11.6. The number of nitrogens with one attached hydrogen (secondary N) is 1. The minimum atomic E-state index is -0.479. The predicted octanol–water partition coefficient (Wildman–Crippen LogP) is 3.75. The molecule has 0 saturated heterocycles. The Kier molecular flexibility index (Phi) is 3.63. The topological polar surface area (TPSA) is 101 Å². The van der Waals surface area contributed by atoms with E-state index in [2.05, 4.69) is 33.4 Å². The Morgan fingerprint density at radius 1 is 1.27 bits per heavy atom. The van der Waals surface area contributed by atoms with E-state index in [0.717, 1.165) is 33.3 Å². The van der Waals surface area contributed by atoms with Gasteiger partial charge >= 0.3 is 0 Å². The molecule has 3 aromatic rings. The number of pyridine rings is 1. The van der Waals surface area contributed by atoms with Crippen LogP contribution in [0.3, 0.4) is 0 Å². The fourth-order valence-corrected chi connectivity index (χ4v) is 3.81. The zero-order valence-electron chi connectivity index (χ0n) is 14.5. The maximum absolute atomic E-state index is 9.68. The van der Waals surface area contributed by atoms with E-state index < -0.39 is 5.92 Å². The van der Waals surface area contributed by atoms with Crippen LogP contribution < -0.4 is 10.5 Å². The molecule has 1 unspecified atom stereocenters. The number of fused-ring (bicyclic) bond motifs is 2. The van der Waals surface area contributed by atoms with Crippen LogP contribution in [0, 0.1) is 32.1 Å². The Labute approximate surface area is 155 Å². The van der Waals surface area contributed by atoms with E-state index in [-0.39, 0.29) is 5.88 Å². The van der Waals surface area contributed by atoms with Gasteiger partial charge in [-0.15, -0.1) is 5.10 Å². The number of nitrogens with zero attached hydrogens (tertiary/aromatic N) is 3. The van der Waals surface area contributed by atoms with Gasteiger partial charge in [0.1, 0.15) is 16.8 Å². The van der Waals surface area contributed by atoms with E-state index in [1.807, 2.05) is 26.8 Å². The molecule has 4 rings (SSSR count). The van der Waals surface area contributed by atoms with Gasteiger partial charge in [0.05, 0.1) is 11.4 Å². The summed E-state index contributed by atoms with van der Waals surface area (Å²) in [6.45, 7) is 5.91. The second-order valence-electron chi connectivity index (χ2n) is 6.51. The molecule has 26 heavy (non-hydrogen) atoms. The number of aromatic nitrogens is 3. The number of hydrogen-bond donors (Lipinski definition) is 2. The number of aromatic amines is 1. The lowest BCUT2D eigenvalue weighted by Crippen LogP contribution is -2.21. The van der Waals surface area contributed by atoms with Gasteiger partial charge in [-0.25, -0.2) is 4.98 Å². The molecule has 0 bridgehead atoms. The summed E-state index contributed by atoms with van der Waals surface area (Å²) in [4.78, 5) is 4.59. The lowest BCUT2D eigenvalue weighted by Gasteiger charge is -2.24. The second-order valence-corrected chi connectivity index (χ2v) is 6.87. The van der Waals surface area contributed by atoms with Crippen molar-refractivity contribution in [2.24, 2.45) is 5.73 Å². The molecule has 1 atom stereocenters. The minimum absolute atomic E-state index is 0.0353. The monoisotopic (exact) mass is 365 g/mol. The van der Waals surface area contributed by atoms with Crippen LogP contribution in [-0.4, -0.2) is 15.2 Å². The maximum atomic E-state index is 9.68. The van der Waals surface area contributed by atoms with Crippen LogP contribution in [-0.2, 0) is 0 Å². The highest BCUT2D eigenvalue weighted by Crippen LogP contribution is 2.45. The normalized spacial score (nSPS) is 16.3. The Balaban J connectivity index is 2.04. The highest BCUT2D eigenvalue weighted by Gasteiger charge is 2.35. The average molecular weight is 366 g/mol. The van der Waals surface area contributed by atoms with Gasteiger partial charge in [-0.05, 0) is 38.5 Å². The second kappa shape index (κ2) is 5.75. The predicted molar refractivity (Wildman–Crippen MR) is 98.8 cm³/mol. The van der Waals surface area contributed by atoms with Crippen LogP contribution in [0.15, 0.2) is 29.7 Å². The molecular weight excluding hydrogens is 350 g/mol. The fourth-order valence-electron chi connectivity index (χ4n) is 3.56. The number of aryl methyl sites for hydroxylation is 3. The van der Waals surface area contributed by atoms with E-state index in [1.54, 1.807) is 0 Å². The van der Waals surface area contributed by atoms with Gasteiger partial charge in [0, 0.05) is 22.2 Å². The van der Waals surface area contributed by atoms with Gasteiger partial charge in [-0.1, -0.05) is 23.2 Å². The molecule has 0 spiro atoms. The van der Waals surface area contributed by atoms with Gasteiger partial charge in [-0.2, -0.15) is 5.26 Å². The summed E-state index contributed by atoms with van der Waals surface area (Å²) in [5, 5.41) is 18.0. The van der Waals surface area contributed by atoms with Crippen molar-refractivity contribution in [1.82, 2.24) is 15.2 Å². The lowest BCUT2D eigenvalue weighted by atomic mass is 9.84. The highest BCUT2D eigenvalue weighted by molar-refractivity contribution is 6.30. The molecule has 0 radical (unpaired) electrons. The highest BCUT2D eigenvalue weighted by atomic mass is 35.5. The number of allylic oxidation sites excluding steroid dienone is 1. The molecule has 1 aromatic carbocycles. The zero-order valence-corrected chi connectivity index (χ0v) is 15.3. The Morgan fingerprint density at radius 2 is 2.04 bits per heavy atom. The molecule has 0 fully saturated rings. The van der Waals surface area contributed by atoms with E-state index in [1.165, 1.54) is 0 Å². The van der Waals surface area contributed by atoms with Crippen molar-refractivity contribution in [2.45, 2.75) is 26.7 Å². The SMILES string of the molecule is Cc1cc(C)c2nc(Cl)c(C3C(C#N)=C(N)Oc4n[nH]c(C)c43)cc2c1. The van der Waals surface area contributed by atoms with Crippen LogP contribution in [0.2, 0.25) is 5.15 Å². The lowest BCUT2D eigenvalue weighted by molar-refractivity contribution is 0.379. The van der Waals surface area contributed by atoms with Crippen molar-refractivity contribution < 1.29 is 4.74 Å². The first kappa shape index (κ1) is 16.4. The third-order valence-electron chi connectivity index (χ3n) is 4.67. The van der Waals surface area contributed by atoms with Gasteiger partial charge in [0.2, 0.25) is 11.8 Å². The zero-order chi connectivity index (χ0) is 18.6. The van der Waals surface area contributed by atoms with Crippen LogP contribution in [0.5, 0.6) is 5.88 Å². The van der Waals surface area contributed by atoms with E-state index in [4.69, 9.17) is 22.1 Å². The maximum Gasteiger partial charge on any atom is 0.244 e. The first-order chi connectivity index (χ1) is 12.4. The van der Waals surface area contributed by atoms with Crippen LogP contribution in [0.1, 0.15) is 33.9 Å². The quantitative estimate of drug-likeness (QED) is 0.639.